The molecule has 2 heterocycles. The van der Waals surface area contributed by atoms with Crippen LogP contribution in [0, 0.1) is 0 Å². The normalized spacial score (nSPS) is 31.1. The monoisotopic (exact) mass is 330 g/mol. The summed E-state index contributed by atoms with van der Waals surface area (Å²) in [4.78, 5) is 2.48. The van der Waals surface area contributed by atoms with Crippen LogP contribution in [0.25, 0.3) is 0 Å². The summed E-state index contributed by atoms with van der Waals surface area (Å²) in [7, 11) is 1.69. The van der Waals surface area contributed by atoms with Gasteiger partial charge in [0.15, 0.2) is 11.5 Å². The summed E-state index contributed by atoms with van der Waals surface area (Å²) >= 11 is 0. The second-order valence-electron chi connectivity index (χ2n) is 7.11. The van der Waals surface area contributed by atoms with Gasteiger partial charge in [-0.3, -0.25) is 4.90 Å². The predicted octanol–water partition coefficient (Wildman–Crippen LogP) is 1.57. The minimum Gasteiger partial charge on any atom is -0.493 e. The van der Waals surface area contributed by atoms with Gasteiger partial charge in [-0.05, 0) is 44.1 Å². The number of aliphatic hydroxyl groups is 1. The zero-order valence-electron chi connectivity index (χ0n) is 14.2. The fourth-order valence-electron chi connectivity index (χ4n) is 4.50. The van der Waals surface area contributed by atoms with E-state index >= 15 is 0 Å². The molecule has 24 heavy (non-hydrogen) atoms. The zero-order valence-corrected chi connectivity index (χ0v) is 14.2. The summed E-state index contributed by atoms with van der Waals surface area (Å²) < 4.78 is 11.9. The molecular weight excluding hydrogens is 304 g/mol. The first-order valence-corrected chi connectivity index (χ1v) is 8.85. The van der Waals surface area contributed by atoms with Crippen LogP contribution >= 0.6 is 0 Å². The van der Waals surface area contributed by atoms with Gasteiger partial charge in [-0.25, -0.2) is 0 Å². The molecule has 3 atom stereocenters. The molecule has 1 unspecified atom stereocenters. The lowest BCUT2D eigenvalue weighted by Gasteiger charge is -2.35. The van der Waals surface area contributed by atoms with E-state index in [1.807, 2.05) is 12.1 Å². The van der Waals surface area contributed by atoms with E-state index in [-0.39, 0.29) is 11.5 Å². The van der Waals surface area contributed by atoms with Gasteiger partial charge in [0.25, 0.3) is 0 Å². The average molecular weight is 330 g/mol. The average Bonchev–Trinajstić information content (AvgIpc) is 2.83. The third kappa shape index (κ3) is 2.34. The summed E-state index contributed by atoms with van der Waals surface area (Å²) in [5.41, 5.74) is 8.13. The summed E-state index contributed by atoms with van der Waals surface area (Å²) in [5.74, 6) is 1.67. The lowest BCUT2D eigenvalue weighted by molar-refractivity contribution is 0.0810. The van der Waals surface area contributed by atoms with E-state index in [0.29, 0.717) is 6.42 Å². The number of ether oxygens (including phenoxy) is 2. The van der Waals surface area contributed by atoms with Gasteiger partial charge in [-0.2, -0.15) is 0 Å². The van der Waals surface area contributed by atoms with Crippen LogP contribution in [0.2, 0.25) is 0 Å². The Bertz CT molecular complexity index is 660. The lowest BCUT2D eigenvalue weighted by Crippen LogP contribution is -2.43. The molecule has 4 rings (SSSR count). The fraction of sp³-hybridized carbons (Fsp3) is 0.579. The molecule has 3 aliphatic rings. The molecule has 1 aromatic carbocycles. The van der Waals surface area contributed by atoms with Crippen molar-refractivity contribution in [1.82, 2.24) is 4.90 Å². The Labute approximate surface area is 143 Å². The first-order valence-electron chi connectivity index (χ1n) is 8.85. The number of nitrogens with two attached hydrogens (primary N) is 1. The topological polar surface area (TPSA) is 68.0 Å². The molecule has 2 aliphatic heterocycles. The molecule has 0 radical (unpaired) electrons. The van der Waals surface area contributed by atoms with Gasteiger partial charge in [0, 0.05) is 18.5 Å². The first-order chi connectivity index (χ1) is 11.7. The van der Waals surface area contributed by atoms with Crippen LogP contribution in [-0.2, 0) is 12.0 Å². The Morgan fingerprint density at radius 3 is 3.12 bits per heavy atom. The van der Waals surface area contributed by atoms with Crippen molar-refractivity contribution in [2.75, 3.05) is 26.7 Å². The number of methoxy groups -OCH3 is 1. The highest BCUT2D eigenvalue weighted by Gasteiger charge is 2.52. The van der Waals surface area contributed by atoms with Crippen LogP contribution in [0.5, 0.6) is 11.5 Å². The fourth-order valence-corrected chi connectivity index (χ4v) is 4.50. The molecule has 0 saturated heterocycles. The second-order valence-corrected chi connectivity index (χ2v) is 7.11. The third-order valence-electron chi connectivity index (χ3n) is 5.71. The van der Waals surface area contributed by atoms with Crippen LogP contribution in [0.4, 0.5) is 0 Å². The van der Waals surface area contributed by atoms with Crippen LogP contribution in [-0.4, -0.2) is 49.0 Å². The first kappa shape index (κ1) is 15.9. The maximum Gasteiger partial charge on any atom is 0.166 e. The Morgan fingerprint density at radius 2 is 2.33 bits per heavy atom. The van der Waals surface area contributed by atoms with Gasteiger partial charge >= 0.3 is 0 Å². The molecule has 0 saturated carbocycles. The Balaban J connectivity index is 1.80. The van der Waals surface area contributed by atoms with Crippen molar-refractivity contribution < 1.29 is 14.6 Å². The second kappa shape index (κ2) is 6.06. The van der Waals surface area contributed by atoms with Gasteiger partial charge in [-0.1, -0.05) is 18.2 Å². The predicted molar refractivity (Wildman–Crippen MR) is 92.4 cm³/mol. The van der Waals surface area contributed by atoms with Crippen molar-refractivity contribution >= 4 is 0 Å². The van der Waals surface area contributed by atoms with Gasteiger partial charge in [0.2, 0.25) is 0 Å². The largest absolute Gasteiger partial charge is 0.493 e. The third-order valence-corrected chi connectivity index (χ3v) is 5.71. The molecule has 0 fully saturated rings. The van der Waals surface area contributed by atoms with Crippen molar-refractivity contribution in [2.24, 2.45) is 5.73 Å². The van der Waals surface area contributed by atoms with Crippen LogP contribution in [0.3, 0.4) is 0 Å². The minimum atomic E-state index is -0.430. The van der Waals surface area contributed by atoms with E-state index in [9.17, 15) is 5.11 Å². The molecule has 3 N–H and O–H groups in total. The molecule has 1 spiro atoms. The van der Waals surface area contributed by atoms with Crippen LogP contribution in [0.1, 0.15) is 30.4 Å². The molecule has 0 amide bonds. The SMILES string of the molecule is COc1ccc2c3c1O[C@@H]1C[C@H](O)C=CC31CCN(CCCN)C2. The van der Waals surface area contributed by atoms with E-state index in [2.05, 4.69) is 17.0 Å². The Kier molecular flexibility index (Phi) is 4.03. The quantitative estimate of drug-likeness (QED) is 0.820. The number of rotatable bonds is 4. The molecule has 0 bridgehead atoms. The highest BCUT2D eigenvalue weighted by Crippen LogP contribution is 2.55. The van der Waals surface area contributed by atoms with E-state index < -0.39 is 6.10 Å². The molecule has 130 valence electrons. The summed E-state index contributed by atoms with van der Waals surface area (Å²) in [5, 5.41) is 10.1. The highest BCUT2D eigenvalue weighted by atomic mass is 16.5. The summed E-state index contributed by atoms with van der Waals surface area (Å²) in [6.07, 6.45) is 6.33. The van der Waals surface area contributed by atoms with Gasteiger partial charge in [-0.15, -0.1) is 0 Å². The van der Waals surface area contributed by atoms with Crippen molar-refractivity contribution in [1.29, 1.82) is 0 Å². The smallest absolute Gasteiger partial charge is 0.166 e. The van der Waals surface area contributed by atoms with E-state index in [4.69, 9.17) is 15.2 Å². The van der Waals surface area contributed by atoms with E-state index in [1.165, 1.54) is 11.1 Å². The van der Waals surface area contributed by atoms with Crippen LogP contribution in [0.15, 0.2) is 24.3 Å². The zero-order chi connectivity index (χ0) is 16.7. The molecular formula is C19H26N2O3. The molecule has 1 aliphatic carbocycles. The lowest BCUT2D eigenvalue weighted by atomic mass is 9.69. The van der Waals surface area contributed by atoms with Crippen LogP contribution < -0.4 is 15.2 Å². The highest BCUT2D eigenvalue weighted by molar-refractivity contribution is 5.60. The number of nitrogens with zero attached hydrogens (tertiary/aromatic N) is 1. The van der Waals surface area contributed by atoms with Crippen molar-refractivity contribution in [3.8, 4) is 11.5 Å². The number of benzene rings is 1. The van der Waals surface area contributed by atoms with Gasteiger partial charge in [0.05, 0.1) is 18.6 Å². The molecule has 5 heteroatoms. The summed E-state index contributed by atoms with van der Waals surface area (Å²) in [6.45, 7) is 3.67. The Morgan fingerprint density at radius 1 is 1.46 bits per heavy atom. The maximum absolute atomic E-state index is 10.1. The molecule has 1 aromatic rings. The number of aliphatic hydroxyl groups excluding tert-OH is 1. The standard InChI is InChI=1S/C19H26N2O3/c1-23-15-4-3-13-12-21(9-2-8-20)10-7-19-6-5-14(22)11-16(19)24-18(15)17(13)19/h3-6,14,16,22H,2,7-12,20H2,1H3/t14-,16-,19?/m1/s1. The minimum absolute atomic E-state index is 0.0167. The molecule has 0 aromatic heterocycles. The van der Waals surface area contributed by atoms with Gasteiger partial charge in [0.1, 0.15) is 6.10 Å². The van der Waals surface area contributed by atoms with E-state index in [0.717, 1.165) is 50.5 Å². The number of hydrogen-bond donors (Lipinski definition) is 2. The van der Waals surface area contributed by atoms with E-state index in [1.54, 1.807) is 7.11 Å². The maximum atomic E-state index is 10.1. The van der Waals surface area contributed by atoms with Crippen molar-refractivity contribution in [3.05, 3.63) is 35.4 Å². The van der Waals surface area contributed by atoms with Crippen molar-refractivity contribution in [2.45, 2.75) is 43.4 Å². The van der Waals surface area contributed by atoms with Gasteiger partial charge < -0.3 is 20.3 Å². The number of hydrogen-bond acceptors (Lipinski definition) is 5. The molecule has 5 nitrogen and oxygen atoms in total. The van der Waals surface area contributed by atoms with Crippen molar-refractivity contribution in [3.63, 3.8) is 0 Å². The summed E-state index contributed by atoms with van der Waals surface area (Å²) in [6, 6.07) is 4.18. The Hall–Kier alpha value is -1.56.